The quantitative estimate of drug-likeness (QED) is 0.799. The van der Waals surface area contributed by atoms with Crippen LogP contribution in [0, 0.1) is 0 Å². The van der Waals surface area contributed by atoms with Crippen LogP contribution in [0.25, 0.3) is 0 Å². The van der Waals surface area contributed by atoms with Crippen molar-refractivity contribution in [1.82, 2.24) is 9.59 Å². The zero-order chi connectivity index (χ0) is 13.2. The van der Waals surface area contributed by atoms with E-state index in [4.69, 9.17) is 0 Å². The lowest BCUT2D eigenvalue weighted by Gasteiger charge is -2.26. The molecule has 3 rings (SSSR count). The number of aromatic nitrogens is 2. The van der Waals surface area contributed by atoms with Gasteiger partial charge in [0.05, 0.1) is 5.69 Å². The van der Waals surface area contributed by atoms with Crippen molar-refractivity contribution < 1.29 is 4.79 Å². The van der Waals surface area contributed by atoms with Crippen LogP contribution in [0.1, 0.15) is 58.6 Å². The lowest BCUT2D eigenvalue weighted by Crippen LogP contribution is -2.10. The van der Waals surface area contributed by atoms with Crippen LogP contribution in [0.4, 0.5) is 0 Å². The first-order valence-electron chi connectivity index (χ1n) is 6.75. The van der Waals surface area contributed by atoms with Crippen LogP contribution < -0.4 is 0 Å². The Hall–Kier alpha value is -1.55. The first-order valence-corrected chi connectivity index (χ1v) is 7.53. The summed E-state index contributed by atoms with van der Waals surface area (Å²) < 4.78 is 3.90. The van der Waals surface area contributed by atoms with Gasteiger partial charge in [-0.25, -0.2) is 0 Å². The van der Waals surface area contributed by atoms with E-state index in [1.807, 2.05) is 25.1 Å². The van der Waals surface area contributed by atoms with Gasteiger partial charge in [-0.2, -0.15) is 0 Å². The fraction of sp³-hybridized carbons (Fsp3) is 0.400. The van der Waals surface area contributed by atoms with E-state index in [1.165, 1.54) is 36.4 Å². The van der Waals surface area contributed by atoms with Crippen LogP contribution in [-0.4, -0.2) is 15.4 Å². The highest BCUT2D eigenvalue weighted by Gasteiger charge is 2.22. The van der Waals surface area contributed by atoms with Crippen molar-refractivity contribution in [2.75, 3.05) is 0 Å². The van der Waals surface area contributed by atoms with Gasteiger partial charge < -0.3 is 0 Å². The van der Waals surface area contributed by atoms with Crippen LogP contribution in [0.2, 0.25) is 0 Å². The highest BCUT2D eigenvalue weighted by molar-refractivity contribution is 7.08. The van der Waals surface area contributed by atoms with E-state index in [2.05, 4.69) is 15.7 Å². The fourth-order valence-corrected chi connectivity index (χ4v) is 3.13. The number of carbonyl (C=O) groups excluding carboxylic acids is 1. The minimum absolute atomic E-state index is 0.0630. The fourth-order valence-electron chi connectivity index (χ4n) is 2.42. The standard InChI is InChI=1S/C15H16N2OS/c1-2-13-15(19-17-16-13)14(18)12-8-4-7-11(9-12)10-5-3-6-10/h4,7-10H,2-3,5-6H2,1H3. The van der Waals surface area contributed by atoms with Gasteiger partial charge in [-0.05, 0) is 48.3 Å². The summed E-state index contributed by atoms with van der Waals surface area (Å²) in [6.45, 7) is 2.00. The second-order valence-corrected chi connectivity index (χ2v) is 5.74. The van der Waals surface area contributed by atoms with Gasteiger partial charge in [0.2, 0.25) is 5.78 Å². The van der Waals surface area contributed by atoms with Gasteiger partial charge in [0.15, 0.2) is 0 Å². The monoisotopic (exact) mass is 272 g/mol. The number of hydrogen-bond donors (Lipinski definition) is 0. The normalized spacial score (nSPS) is 15.2. The summed E-state index contributed by atoms with van der Waals surface area (Å²) in [7, 11) is 0. The van der Waals surface area contributed by atoms with E-state index < -0.39 is 0 Å². The lowest BCUT2D eigenvalue weighted by atomic mass is 9.79. The summed E-state index contributed by atoms with van der Waals surface area (Å²) in [5.74, 6) is 0.714. The average molecular weight is 272 g/mol. The molecule has 98 valence electrons. The highest BCUT2D eigenvalue weighted by atomic mass is 32.1. The second-order valence-electron chi connectivity index (χ2n) is 4.98. The lowest BCUT2D eigenvalue weighted by molar-refractivity contribution is 0.104. The summed E-state index contributed by atoms with van der Waals surface area (Å²) in [6.07, 6.45) is 4.56. The third-order valence-corrected chi connectivity index (χ3v) is 4.59. The maximum atomic E-state index is 12.5. The Bertz CT molecular complexity index is 602. The molecule has 0 radical (unpaired) electrons. The number of benzene rings is 1. The van der Waals surface area contributed by atoms with E-state index in [1.54, 1.807) is 0 Å². The Morgan fingerprint density at radius 1 is 1.42 bits per heavy atom. The number of aryl methyl sites for hydroxylation is 1. The predicted molar refractivity (Wildman–Crippen MR) is 75.8 cm³/mol. The topological polar surface area (TPSA) is 42.9 Å². The van der Waals surface area contributed by atoms with E-state index in [-0.39, 0.29) is 5.78 Å². The Morgan fingerprint density at radius 2 is 2.26 bits per heavy atom. The smallest absolute Gasteiger partial charge is 0.206 e. The van der Waals surface area contributed by atoms with Crippen LogP contribution in [-0.2, 0) is 6.42 Å². The number of carbonyl (C=O) groups is 1. The molecule has 19 heavy (non-hydrogen) atoms. The van der Waals surface area contributed by atoms with Crippen molar-refractivity contribution in [3.05, 3.63) is 46.0 Å². The predicted octanol–water partition coefficient (Wildman–Crippen LogP) is 3.60. The van der Waals surface area contributed by atoms with Gasteiger partial charge in [0.25, 0.3) is 0 Å². The van der Waals surface area contributed by atoms with Crippen molar-refractivity contribution >= 4 is 17.3 Å². The van der Waals surface area contributed by atoms with Crippen LogP contribution in [0.15, 0.2) is 24.3 Å². The Morgan fingerprint density at radius 3 is 2.95 bits per heavy atom. The summed E-state index contributed by atoms with van der Waals surface area (Å²) in [5.41, 5.74) is 2.88. The molecular formula is C15H16N2OS. The van der Waals surface area contributed by atoms with Crippen LogP contribution >= 0.6 is 11.5 Å². The maximum Gasteiger partial charge on any atom is 0.206 e. The van der Waals surface area contributed by atoms with Gasteiger partial charge in [-0.1, -0.05) is 36.0 Å². The van der Waals surface area contributed by atoms with Gasteiger partial charge >= 0.3 is 0 Å². The Kier molecular flexibility index (Phi) is 3.42. The summed E-state index contributed by atoms with van der Waals surface area (Å²) in [6, 6.07) is 8.06. The zero-order valence-electron chi connectivity index (χ0n) is 10.9. The van der Waals surface area contributed by atoms with Gasteiger partial charge in [0, 0.05) is 5.56 Å². The largest absolute Gasteiger partial charge is 0.288 e. The number of rotatable bonds is 4. The van der Waals surface area contributed by atoms with Crippen molar-refractivity contribution in [3.8, 4) is 0 Å². The van der Waals surface area contributed by atoms with Gasteiger partial charge in [-0.15, -0.1) is 5.10 Å². The minimum Gasteiger partial charge on any atom is -0.288 e. The Balaban J connectivity index is 1.91. The van der Waals surface area contributed by atoms with E-state index in [9.17, 15) is 4.79 Å². The molecule has 0 N–H and O–H groups in total. The summed E-state index contributed by atoms with van der Waals surface area (Å²) in [4.78, 5) is 13.2. The molecule has 1 aromatic heterocycles. The Labute approximate surface area is 116 Å². The van der Waals surface area contributed by atoms with Crippen LogP contribution in [0.5, 0.6) is 0 Å². The number of nitrogens with zero attached hydrogens (tertiary/aromatic N) is 2. The molecule has 1 aliphatic carbocycles. The van der Waals surface area contributed by atoms with Crippen molar-refractivity contribution in [2.24, 2.45) is 0 Å². The molecule has 3 nitrogen and oxygen atoms in total. The van der Waals surface area contributed by atoms with E-state index >= 15 is 0 Å². The van der Waals surface area contributed by atoms with Crippen molar-refractivity contribution in [3.63, 3.8) is 0 Å². The molecule has 0 atom stereocenters. The first-order chi connectivity index (χ1) is 9.29. The maximum absolute atomic E-state index is 12.5. The molecule has 4 heteroatoms. The SMILES string of the molecule is CCc1nnsc1C(=O)c1cccc(C2CCC2)c1. The minimum atomic E-state index is 0.0630. The average Bonchev–Trinajstić information content (AvgIpc) is 2.84. The molecule has 2 aromatic rings. The molecule has 1 aliphatic rings. The van der Waals surface area contributed by atoms with Crippen molar-refractivity contribution in [1.29, 1.82) is 0 Å². The van der Waals surface area contributed by atoms with Gasteiger partial charge in [-0.3, -0.25) is 4.79 Å². The summed E-state index contributed by atoms with van der Waals surface area (Å²) in [5, 5.41) is 4.01. The third kappa shape index (κ3) is 2.32. The molecule has 1 aromatic carbocycles. The van der Waals surface area contributed by atoms with Gasteiger partial charge in [0.1, 0.15) is 4.88 Å². The molecule has 1 saturated carbocycles. The zero-order valence-corrected chi connectivity index (χ0v) is 11.7. The van der Waals surface area contributed by atoms with Crippen LogP contribution in [0.3, 0.4) is 0 Å². The molecule has 0 spiro atoms. The second kappa shape index (κ2) is 5.21. The van der Waals surface area contributed by atoms with E-state index in [0.29, 0.717) is 10.8 Å². The molecule has 0 aliphatic heterocycles. The molecule has 0 saturated heterocycles. The molecule has 0 amide bonds. The first kappa shape index (κ1) is 12.5. The third-order valence-electron chi connectivity index (χ3n) is 3.82. The summed E-state index contributed by atoms with van der Waals surface area (Å²) >= 11 is 1.20. The number of hydrogen-bond acceptors (Lipinski definition) is 4. The highest BCUT2D eigenvalue weighted by Crippen LogP contribution is 2.36. The van der Waals surface area contributed by atoms with Crippen molar-refractivity contribution in [2.45, 2.75) is 38.5 Å². The molecule has 0 bridgehead atoms. The molecular weight excluding hydrogens is 256 g/mol. The van der Waals surface area contributed by atoms with E-state index in [0.717, 1.165) is 17.7 Å². The molecule has 0 unspecified atom stereocenters. The molecule has 1 heterocycles. The number of ketones is 1. The molecule has 1 fully saturated rings.